The van der Waals surface area contributed by atoms with Crippen LogP contribution in [0.3, 0.4) is 0 Å². The Hall–Kier alpha value is -1.95. The van der Waals surface area contributed by atoms with Crippen molar-refractivity contribution in [2.75, 3.05) is 13.1 Å². The molecule has 2 atom stereocenters. The molecule has 0 unspecified atom stereocenters. The van der Waals surface area contributed by atoms with Gasteiger partial charge in [0.15, 0.2) is 0 Å². The number of nitrogens with one attached hydrogen (secondary N) is 1. The molecular weight excluding hydrogens is 310 g/mol. The van der Waals surface area contributed by atoms with Crippen LogP contribution in [0.2, 0.25) is 0 Å². The molecule has 3 heterocycles. The van der Waals surface area contributed by atoms with Crippen molar-refractivity contribution in [2.24, 2.45) is 0 Å². The van der Waals surface area contributed by atoms with E-state index in [2.05, 4.69) is 11.4 Å². The molecule has 2 fully saturated rings. The van der Waals surface area contributed by atoms with Crippen molar-refractivity contribution in [2.45, 2.75) is 37.6 Å². The number of thiazole rings is 1. The van der Waals surface area contributed by atoms with E-state index in [1.165, 1.54) is 4.70 Å². The maximum Gasteiger partial charge on any atom is 0.245 e. The first-order valence-corrected chi connectivity index (χ1v) is 8.96. The Bertz CT molecular complexity index is 724. The maximum absolute atomic E-state index is 12.6. The molecule has 1 aromatic carbocycles. The van der Waals surface area contributed by atoms with Gasteiger partial charge in [0.2, 0.25) is 11.8 Å². The summed E-state index contributed by atoms with van der Waals surface area (Å²) in [6.45, 7) is 1.50. The highest BCUT2D eigenvalue weighted by Gasteiger charge is 2.34. The summed E-state index contributed by atoms with van der Waals surface area (Å²) in [5.41, 5.74) is 1.04. The fraction of sp³-hybridized carbons (Fsp3) is 0.471. The number of amides is 2. The van der Waals surface area contributed by atoms with Gasteiger partial charge in [-0.1, -0.05) is 12.1 Å². The number of benzene rings is 1. The zero-order valence-corrected chi connectivity index (χ0v) is 13.6. The molecule has 5 nitrogen and oxygen atoms in total. The van der Waals surface area contributed by atoms with Crippen molar-refractivity contribution in [3.8, 4) is 0 Å². The van der Waals surface area contributed by atoms with E-state index in [1.54, 1.807) is 11.3 Å². The molecule has 0 spiro atoms. The number of hydrogen-bond donors (Lipinski definition) is 1. The van der Waals surface area contributed by atoms with Crippen molar-refractivity contribution in [3.63, 3.8) is 0 Å². The first-order valence-electron chi connectivity index (χ1n) is 8.14. The van der Waals surface area contributed by atoms with E-state index in [0.29, 0.717) is 25.3 Å². The first kappa shape index (κ1) is 14.6. The molecule has 4 rings (SSSR count). The summed E-state index contributed by atoms with van der Waals surface area (Å²) >= 11 is 1.73. The van der Waals surface area contributed by atoms with E-state index in [1.807, 2.05) is 23.1 Å². The molecule has 1 aromatic heterocycles. The summed E-state index contributed by atoms with van der Waals surface area (Å²) in [5, 5.41) is 3.91. The van der Waals surface area contributed by atoms with Crippen LogP contribution in [0.15, 0.2) is 24.3 Å². The molecular formula is C17H19N3O2S. The second-order valence-corrected chi connectivity index (χ2v) is 7.36. The lowest BCUT2D eigenvalue weighted by molar-refractivity contribution is -0.135. The van der Waals surface area contributed by atoms with Crippen LogP contribution in [-0.4, -0.2) is 40.8 Å². The van der Waals surface area contributed by atoms with Crippen LogP contribution in [-0.2, 0) is 9.59 Å². The molecule has 2 aliphatic rings. The van der Waals surface area contributed by atoms with Crippen molar-refractivity contribution >= 4 is 33.4 Å². The Morgan fingerprint density at radius 3 is 2.96 bits per heavy atom. The van der Waals surface area contributed by atoms with Gasteiger partial charge >= 0.3 is 0 Å². The number of nitrogens with zero attached hydrogens (tertiary/aromatic N) is 2. The predicted octanol–water partition coefficient (Wildman–Crippen LogP) is 2.28. The second-order valence-electron chi connectivity index (χ2n) is 6.30. The smallest absolute Gasteiger partial charge is 0.245 e. The molecule has 2 saturated heterocycles. The summed E-state index contributed by atoms with van der Waals surface area (Å²) in [6, 6.07) is 7.84. The molecule has 0 saturated carbocycles. The van der Waals surface area contributed by atoms with Crippen LogP contribution >= 0.6 is 11.3 Å². The number of carbonyl (C=O) groups is 2. The minimum absolute atomic E-state index is 0.0110. The number of carbonyl (C=O) groups excluding carboxylic acids is 2. The molecule has 23 heavy (non-hydrogen) atoms. The highest BCUT2D eigenvalue weighted by Crippen LogP contribution is 2.33. The van der Waals surface area contributed by atoms with E-state index in [4.69, 9.17) is 4.98 Å². The summed E-state index contributed by atoms with van der Waals surface area (Å²) in [6.07, 6.45) is 3.15. The van der Waals surface area contributed by atoms with Gasteiger partial charge in [0.05, 0.1) is 15.2 Å². The normalized spacial score (nSPS) is 24.9. The maximum atomic E-state index is 12.6. The SMILES string of the molecule is O=C1CC[C@H](C(=O)N2CCC[C@H](c3nc4ccccc4s3)C2)N1. The van der Waals surface area contributed by atoms with Crippen molar-refractivity contribution in [3.05, 3.63) is 29.3 Å². The number of hydrogen-bond acceptors (Lipinski definition) is 4. The van der Waals surface area contributed by atoms with Crippen LogP contribution in [0.1, 0.15) is 36.6 Å². The largest absolute Gasteiger partial charge is 0.344 e. The average molecular weight is 329 g/mol. The van der Waals surface area contributed by atoms with Gasteiger partial charge < -0.3 is 10.2 Å². The van der Waals surface area contributed by atoms with E-state index in [-0.39, 0.29) is 17.9 Å². The topological polar surface area (TPSA) is 62.3 Å². The van der Waals surface area contributed by atoms with Gasteiger partial charge in [-0.3, -0.25) is 9.59 Å². The standard InChI is InChI=1S/C17H19N3O2S/c21-15-8-7-13(18-15)17(22)20-9-3-4-11(10-20)16-19-12-5-1-2-6-14(12)23-16/h1-2,5-6,11,13H,3-4,7-10H2,(H,18,21)/t11-,13+/m0/s1. The van der Waals surface area contributed by atoms with Gasteiger partial charge in [-0.25, -0.2) is 4.98 Å². The number of fused-ring (bicyclic) bond motifs is 1. The fourth-order valence-electron chi connectivity index (χ4n) is 3.46. The Labute approximate surface area is 138 Å². The van der Waals surface area contributed by atoms with Crippen molar-refractivity contribution < 1.29 is 9.59 Å². The zero-order chi connectivity index (χ0) is 15.8. The first-order chi connectivity index (χ1) is 11.2. The molecule has 0 radical (unpaired) electrons. The van der Waals surface area contributed by atoms with Crippen LogP contribution in [0.4, 0.5) is 0 Å². The second kappa shape index (κ2) is 5.92. The summed E-state index contributed by atoms with van der Waals surface area (Å²) in [4.78, 5) is 30.6. The van der Waals surface area contributed by atoms with Gasteiger partial charge in [0.1, 0.15) is 6.04 Å². The van der Waals surface area contributed by atoms with Crippen LogP contribution < -0.4 is 5.32 Å². The monoisotopic (exact) mass is 329 g/mol. The van der Waals surface area contributed by atoms with Gasteiger partial charge in [-0.2, -0.15) is 0 Å². The number of rotatable bonds is 2. The lowest BCUT2D eigenvalue weighted by Crippen LogP contribution is -2.47. The van der Waals surface area contributed by atoms with Gasteiger partial charge in [-0.15, -0.1) is 11.3 Å². The number of aromatic nitrogens is 1. The quantitative estimate of drug-likeness (QED) is 0.919. The molecule has 1 N–H and O–H groups in total. The minimum atomic E-state index is -0.323. The van der Waals surface area contributed by atoms with Crippen LogP contribution in [0.25, 0.3) is 10.2 Å². The third kappa shape index (κ3) is 2.83. The molecule has 2 amide bonds. The van der Waals surface area contributed by atoms with Crippen LogP contribution in [0.5, 0.6) is 0 Å². The van der Waals surface area contributed by atoms with Gasteiger partial charge in [-0.05, 0) is 31.4 Å². The molecule has 0 bridgehead atoms. The fourth-order valence-corrected chi connectivity index (χ4v) is 4.56. The van der Waals surface area contributed by atoms with E-state index < -0.39 is 0 Å². The number of likely N-dealkylation sites (tertiary alicyclic amines) is 1. The van der Waals surface area contributed by atoms with Crippen LogP contribution in [0, 0.1) is 0 Å². The molecule has 2 aromatic rings. The van der Waals surface area contributed by atoms with Gasteiger partial charge in [0, 0.05) is 25.4 Å². The third-order valence-electron chi connectivity index (χ3n) is 4.69. The number of para-hydroxylation sites is 1. The van der Waals surface area contributed by atoms with E-state index in [0.717, 1.165) is 29.9 Å². The zero-order valence-electron chi connectivity index (χ0n) is 12.8. The van der Waals surface area contributed by atoms with E-state index >= 15 is 0 Å². The Morgan fingerprint density at radius 1 is 1.30 bits per heavy atom. The third-order valence-corrected chi connectivity index (χ3v) is 5.89. The highest BCUT2D eigenvalue weighted by molar-refractivity contribution is 7.18. The Morgan fingerprint density at radius 2 is 2.17 bits per heavy atom. The lowest BCUT2D eigenvalue weighted by Gasteiger charge is -2.33. The Balaban J connectivity index is 1.50. The van der Waals surface area contributed by atoms with Crippen molar-refractivity contribution in [1.29, 1.82) is 0 Å². The lowest BCUT2D eigenvalue weighted by atomic mass is 9.98. The minimum Gasteiger partial charge on any atom is -0.344 e. The summed E-state index contributed by atoms with van der Waals surface area (Å²) in [7, 11) is 0. The van der Waals surface area contributed by atoms with Crippen molar-refractivity contribution in [1.82, 2.24) is 15.2 Å². The molecule has 0 aliphatic carbocycles. The molecule has 6 heteroatoms. The Kier molecular flexibility index (Phi) is 3.77. The predicted molar refractivity (Wildman–Crippen MR) is 89.3 cm³/mol. The summed E-state index contributed by atoms with van der Waals surface area (Å²) < 4.78 is 1.20. The molecule has 120 valence electrons. The highest BCUT2D eigenvalue weighted by atomic mass is 32.1. The summed E-state index contributed by atoms with van der Waals surface area (Å²) in [5.74, 6) is 0.368. The van der Waals surface area contributed by atoms with Gasteiger partial charge in [0.25, 0.3) is 0 Å². The molecule has 2 aliphatic heterocycles. The number of piperidine rings is 1. The average Bonchev–Trinajstić information content (AvgIpc) is 3.20. The van der Waals surface area contributed by atoms with E-state index in [9.17, 15) is 9.59 Å².